The Bertz CT molecular complexity index is 883. The summed E-state index contributed by atoms with van der Waals surface area (Å²) in [6.07, 6.45) is 3.29. The number of rotatable bonds is 5. The molecule has 0 fully saturated rings. The van der Waals surface area contributed by atoms with Crippen molar-refractivity contribution in [3.8, 4) is 0 Å². The summed E-state index contributed by atoms with van der Waals surface area (Å²) in [6.45, 7) is 9.55. The Labute approximate surface area is 165 Å². The number of anilines is 1. The Morgan fingerprint density at radius 3 is 2.74 bits per heavy atom. The molecule has 0 bridgehead atoms. The highest BCUT2D eigenvalue weighted by atomic mass is 35.5. The monoisotopic (exact) mass is 387 g/mol. The average molecular weight is 388 g/mol. The van der Waals surface area contributed by atoms with Crippen molar-refractivity contribution in [2.24, 2.45) is 0 Å². The first kappa shape index (κ1) is 19.5. The van der Waals surface area contributed by atoms with Gasteiger partial charge in [-0.2, -0.15) is 0 Å². The maximum absolute atomic E-state index is 12.0. The molecule has 0 radical (unpaired) electrons. The molecule has 0 saturated carbocycles. The number of amides is 1. The van der Waals surface area contributed by atoms with Gasteiger partial charge in [0.25, 0.3) is 0 Å². The molecule has 0 spiro atoms. The van der Waals surface area contributed by atoms with Gasteiger partial charge in [-0.1, -0.05) is 18.5 Å². The van der Waals surface area contributed by atoms with Gasteiger partial charge < -0.3 is 10.2 Å². The lowest BCUT2D eigenvalue weighted by molar-refractivity contribution is -0.120. The molecule has 3 heterocycles. The third kappa shape index (κ3) is 3.76. The molecule has 2 aromatic heterocycles. The number of aromatic nitrogens is 3. The summed E-state index contributed by atoms with van der Waals surface area (Å²) < 4.78 is 0. The number of nitrogens with zero attached hydrogens (tertiary/aromatic N) is 4. The van der Waals surface area contributed by atoms with Crippen molar-refractivity contribution in [2.45, 2.75) is 53.0 Å². The van der Waals surface area contributed by atoms with Crippen LogP contribution in [0.15, 0.2) is 6.20 Å². The topological polar surface area (TPSA) is 71.0 Å². The van der Waals surface area contributed by atoms with Crippen LogP contribution in [0.4, 0.5) is 5.82 Å². The first-order valence-corrected chi connectivity index (χ1v) is 9.66. The first-order chi connectivity index (χ1) is 12.8. The Hall–Kier alpha value is -2.21. The van der Waals surface area contributed by atoms with Crippen molar-refractivity contribution in [1.82, 2.24) is 20.3 Å². The molecule has 7 heteroatoms. The van der Waals surface area contributed by atoms with Crippen LogP contribution in [0.1, 0.15) is 53.0 Å². The zero-order valence-corrected chi connectivity index (χ0v) is 17.3. The molecule has 3 rings (SSSR count). The van der Waals surface area contributed by atoms with Crippen molar-refractivity contribution in [3.63, 3.8) is 0 Å². The van der Waals surface area contributed by atoms with Crippen LogP contribution >= 0.6 is 11.6 Å². The van der Waals surface area contributed by atoms with E-state index in [1.165, 1.54) is 16.7 Å². The Balaban J connectivity index is 1.97. The number of hydrogen-bond acceptors (Lipinski definition) is 5. The first-order valence-electron chi connectivity index (χ1n) is 9.29. The van der Waals surface area contributed by atoms with Crippen LogP contribution in [0.3, 0.4) is 0 Å². The van der Waals surface area contributed by atoms with E-state index >= 15 is 0 Å². The standard InChI is InChI=1S/C20H26ClN5O/c1-6-15-11(2)8-23-16(12(15)3)10-26-9-14(7-17(27)22-5)18-19(21)24-13(4)25-20(18)26/h8,14H,6-7,9-10H2,1-5H3,(H,22,27). The summed E-state index contributed by atoms with van der Waals surface area (Å²) in [4.78, 5) is 27.8. The predicted octanol–water partition coefficient (Wildman–Crippen LogP) is 3.25. The highest BCUT2D eigenvalue weighted by Crippen LogP contribution is 2.41. The van der Waals surface area contributed by atoms with E-state index in [9.17, 15) is 4.79 Å². The van der Waals surface area contributed by atoms with E-state index in [1.54, 1.807) is 7.05 Å². The lowest BCUT2D eigenvalue weighted by atomic mass is 10.00. The van der Waals surface area contributed by atoms with Crippen molar-refractivity contribution in [2.75, 3.05) is 18.5 Å². The molecule has 6 nitrogen and oxygen atoms in total. The summed E-state index contributed by atoms with van der Waals surface area (Å²) >= 11 is 6.44. The molecular weight excluding hydrogens is 362 g/mol. The van der Waals surface area contributed by atoms with E-state index < -0.39 is 0 Å². The van der Waals surface area contributed by atoms with Gasteiger partial charge in [0.15, 0.2) is 0 Å². The van der Waals surface area contributed by atoms with E-state index in [4.69, 9.17) is 11.6 Å². The summed E-state index contributed by atoms with van der Waals surface area (Å²) in [5.74, 6) is 1.42. The average Bonchev–Trinajstić information content (AvgIpc) is 2.95. The van der Waals surface area contributed by atoms with Gasteiger partial charge in [-0.05, 0) is 43.9 Å². The van der Waals surface area contributed by atoms with Crippen molar-refractivity contribution in [3.05, 3.63) is 45.1 Å². The van der Waals surface area contributed by atoms with Gasteiger partial charge in [0, 0.05) is 37.7 Å². The van der Waals surface area contributed by atoms with Gasteiger partial charge in [-0.25, -0.2) is 9.97 Å². The quantitative estimate of drug-likeness (QED) is 0.797. The molecule has 1 amide bonds. The lowest BCUT2D eigenvalue weighted by Gasteiger charge is -2.21. The van der Waals surface area contributed by atoms with Crippen LogP contribution in [0.25, 0.3) is 0 Å². The number of nitrogens with one attached hydrogen (secondary N) is 1. The highest BCUT2D eigenvalue weighted by molar-refractivity contribution is 6.30. The molecular formula is C20H26ClN5O. The fourth-order valence-corrected chi connectivity index (χ4v) is 4.27. The van der Waals surface area contributed by atoms with Crippen molar-refractivity contribution < 1.29 is 4.79 Å². The van der Waals surface area contributed by atoms with E-state index in [-0.39, 0.29) is 11.8 Å². The molecule has 1 aliphatic rings. The van der Waals surface area contributed by atoms with Crippen LogP contribution in [0.5, 0.6) is 0 Å². The van der Waals surface area contributed by atoms with Gasteiger partial charge in [-0.15, -0.1) is 0 Å². The molecule has 0 saturated heterocycles. The van der Waals surface area contributed by atoms with E-state index in [0.29, 0.717) is 30.5 Å². The van der Waals surface area contributed by atoms with Gasteiger partial charge in [-0.3, -0.25) is 9.78 Å². The van der Waals surface area contributed by atoms with Crippen LogP contribution in [0.2, 0.25) is 5.15 Å². The van der Waals surface area contributed by atoms with Gasteiger partial charge in [0.05, 0.1) is 12.2 Å². The summed E-state index contributed by atoms with van der Waals surface area (Å²) in [5.41, 5.74) is 5.70. The number of carbonyl (C=O) groups excluding carboxylic acids is 1. The van der Waals surface area contributed by atoms with Crippen LogP contribution < -0.4 is 10.2 Å². The molecule has 27 heavy (non-hydrogen) atoms. The predicted molar refractivity (Wildman–Crippen MR) is 107 cm³/mol. The van der Waals surface area contributed by atoms with Crippen LogP contribution in [-0.4, -0.2) is 34.5 Å². The highest BCUT2D eigenvalue weighted by Gasteiger charge is 2.35. The Morgan fingerprint density at radius 1 is 1.33 bits per heavy atom. The fourth-order valence-electron chi connectivity index (χ4n) is 3.90. The third-order valence-corrected chi connectivity index (χ3v) is 5.61. The second kappa shape index (κ2) is 7.80. The summed E-state index contributed by atoms with van der Waals surface area (Å²) in [7, 11) is 1.65. The zero-order chi connectivity index (χ0) is 19.7. The molecule has 1 aliphatic heterocycles. The molecule has 0 aliphatic carbocycles. The van der Waals surface area contributed by atoms with Gasteiger partial charge >= 0.3 is 0 Å². The molecule has 2 aromatic rings. The van der Waals surface area contributed by atoms with Crippen LogP contribution in [-0.2, 0) is 17.8 Å². The summed E-state index contributed by atoms with van der Waals surface area (Å²) in [5, 5.41) is 3.14. The maximum Gasteiger partial charge on any atom is 0.220 e. The van der Waals surface area contributed by atoms with Crippen molar-refractivity contribution in [1.29, 1.82) is 0 Å². The molecule has 1 N–H and O–H groups in total. The van der Waals surface area contributed by atoms with E-state index in [0.717, 1.165) is 23.5 Å². The lowest BCUT2D eigenvalue weighted by Crippen LogP contribution is -2.26. The van der Waals surface area contributed by atoms with E-state index in [1.807, 2.05) is 13.1 Å². The molecule has 1 atom stereocenters. The van der Waals surface area contributed by atoms with Crippen LogP contribution in [0, 0.1) is 20.8 Å². The molecule has 144 valence electrons. The number of pyridine rings is 1. The second-order valence-corrected chi connectivity index (χ2v) is 7.46. The number of hydrogen-bond donors (Lipinski definition) is 1. The van der Waals surface area contributed by atoms with Crippen molar-refractivity contribution >= 4 is 23.3 Å². The number of halogens is 1. The molecule has 1 unspecified atom stereocenters. The smallest absolute Gasteiger partial charge is 0.220 e. The fraction of sp³-hybridized carbons (Fsp3) is 0.500. The third-order valence-electron chi connectivity index (χ3n) is 5.32. The Kier molecular flexibility index (Phi) is 5.65. The second-order valence-electron chi connectivity index (χ2n) is 7.10. The van der Waals surface area contributed by atoms with E-state index in [2.05, 4.69) is 45.9 Å². The van der Waals surface area contributed by atoms with Gasteiger partial charge in [0.1, 0.15) is 16.8 Å². The number of carbonyl (C=O) groups is 1. The Morgan fingerprint density at radius 2 is 2.07 bits per heavy atom. The number of aryl methyl sites for hydroxylation is 2. The zero-order valence-electron chi connectivity index (χ0n) is 16.6. The maximum atomic E-state index is 12.0. The minimum Gasteiger partial charge on any atom is -0.359 e. The van der Waals surface area contributed by atoms with Gasteiger partial charge in [0.2, 0.25) is 5.91 Å². The largest absolute Gasteiger partial charge is 0.359 e. The minimum atomic E-state index is -0.0237. The SMILES string of the molecule is CCc1c(C)cnc(CN2CC(CC(=O)NC)c3c(Cl)nc(C)nc32)c1C. The normalized spacial score (nSPS) is 15.8. The molecule has 0 aromatic carbocycles. The minimum absolute atomic E-state index is 0.0117. The number of fused-ring (bicyclic) bond motifs is 1. The summed E-state index contributed by atoms with van der Waals surface area (Å²) in [6, 6.07) is 0.